The van der Waals surface area contributed by atoms with Gasteiger partial charge in [-0.15, -0.1) is 0 Å². The summed E-state index contributed by atoms with van der Waals surface area (Å²) in [6, 6.07) is 5.10. The van der Waals surface area contributed by atoms with Gasteiger partial charge in [0.25, 0.3) is 5.91 Å². The minimum absolute atomic E-state index is 0.0265. The van der Waals surface area contributed by atoms with Crippen LogP contribution in [0.4, 0.5) is 0 Å². The van der Waals surface area contributed by atoms with Gasteiger partial charge in [-0.05, 0) is 36.8 Å². The molecule has 2 aliphatic rings. The number of aromatic nitrogens is 2. The molecule has 1 atom stereocenters. The highest BCUT2D eigenvalue weighted by Gasteiger charge is 2.32. The average Bonchev–Trinajstić information content (AvgIpc) is 3.16. The normalized spacial score (nSPS) is 21.7. The molecule has 3 heterocycles. The molecule has 0 radical (unpaired) electrons. The summed E-state index contributed by atoms with van der Waals surface area (Å²) in [5, 5.41) is 11.4. The van der Waals surface area contributed by atoms with E-state index in [9.17, 15) is 4.79 Å². The molecule has 0 aromatic carbocycles. The molecule has 0 saturated heterocycles. The van der Waals surface area contributed by atoms with Gasteiger partial charge in [0.1, 0.15) is 0 Å². The summed E-state index contributed by atoms with van der Waals surface area (Å²) >= 11 is 1.55. The Balaban J connectivity index is 1.37. The maximum Gasteiger partial charge on any atom is 0.252 e. The van der Waals surface area contributed by atoms with Gasteiger partial charge in [0, 0.05) is 42.8 Å². The van der Waals surface area contributed by atoms with E-state index in [0.29, 0.717) is 12.6 Å². The van der Waals surface area contributed by atoms with Crippen LogP contribution >= 0.6 is 11.3 Å². The van der Waals surface area contributed by atoms with Gasteiger partial charge in [-0.2, -0.15) is 16.4 Å². The number of amides is 1. The van der Waals surface area contributed by atoms with Gasteiger partial charge in [0.15, 0.2) is 0 Å². The van der Waals surface area contributed by atoms with E-state index in [0.717, 1.165) is 31.1 Å². The number of fused-ring (bicyclic) bond motifs is 1. The number of carbonyl (C=O) groups excluding carboxylic acids is 1. The molecule has 0 spiro atoms. The number of nitrogens with zero attached hydrogens (tertiary/aromatic N) is 3. The molecule has 1 amide bonds. The van der Waals surface area contributed by atoms with Crippen LogP contribution in [0.25, 0.3) is 0 Å². The Labute approximate surface area is 140 Å². The van der Waals surface area contributed by atoms with Crippen LogP contribution in [0.5, 0.6) is 0 Å². The minimum Gasteiger partial charge on any atom is -0.352 e. The van der Waals surface area contributed by atoms with E-state index >= 15 is 0 Å². The second-order valence-electron chi connectivity index (χ2n) is 6.49. The lowest BCUT2D eigenvalue weighted by Gasteiger charge is -2.42. The Morgan fingerprint density at radius 2 is 2.30 bits per heavy atom. The summed E-state index contributed by atoms with van der Waals surface area (Å²) in [7, 11) is 0. The number of rotatable bonds is 5. The third-order valence-corrected chi connectivity index (χ3v) is 5.73. The summed E-state index contributed by atoms with van der Waals surface area (Å²) in [6.07, 6.45) is 6.84. The fourth-order valence-corrected chi connectivity index (χ4v) is 4.14. The molecule has 1 N–H and O–H groups in total. The Kier molecular flexibility index (Phi) is 4.18. The van der Waals surface area contributed by atoms with E-state index < -0.39 is 0 Å². The second kappa shape index (κ2) is 6.45. The number of nitrogens with one attached hydrogen (secondary N) is 1. The van der Waals surface area contributed by atoms with Gasteiger partial charge < -0.3 is 5.32 Å². The van der Waals surface area contributed by atoms with Crippen LogP contribution in [0.2, 0.25) is 0 Å². The van der Waals surface area contributed by atoms with E-state index in [2.05, 4.69) is 26.1 Å². The van der Waals surface area contributed by atoms with Crippen molar-refractivity contribution in [2.75, 3.05) is 13.1 Å². The summed E-state index contributed by atoms with van der Waals surface area (Å²) in [6.45, 7) is 2.76. The van der Waals surface area contributed by atoms with Crippen LogP contribution in [0, 0.1) is 0 Å². The van der Waals surface area contributed by atoms with E-state index in [-0.39, 0.29) is 5.91 Å². The maximum atomic E-state index is 12.0. The van der Waals surface area contributed by atoms with Gasteiger partial charge in [0.05, 0.1) is 11.7 Å². The van der Waals surface area contributed by atoms with Crippen molar-refractivity contribution in [1.29, 1.82) is 0 Å². The summed E-state index contributed by atoms with van der Waals surface area (Å²) in [5.74, 6) is 0.0265. The predicted octanol–water partition coefficient (Wildman–Crippen LogP) is 2.67. The van der Waals surface area contributed by atoms with Crippen molar-refractivity contribution < 1.29 is 4.79 Å². The first-order valence-electron chi connectivity index (χ1n) is 8.38. The lowest BCUT2D eigenvalue weighted by Crippen LogP contribution is -2.47. The molecule has 1 aliphatic carbocycles. The maximum absolute atomic E-state index is 12.0. The first-order chi connectivity index (χ1) is 11.3. The Hall–Kier alpha value is -1.66. The topological polar surface area (TPSA) is 50.2 Å². The fraction of sp³-hybridized carbons (Fsp3) is 0.529. The standard InChI is InChI=1S/C17H22N4OS/c22-17(13-6-9-23-12-13)18-7-4-15-10-20(14-2-1-3-14)11-16-5-8-19-21(15)16/h5-6,8-9,12,14-15H,1-4,7,10-11H2,(H,18,22)/t15-/m0/s1. The van der Waals surface area contributed by atoms with Gasteiger partial charge in [0.2, 0.25) is 0 Å². The molecule has 4 rings (SSSR count). The van der Waals surface area contributed by atoms with Crippen molar-refractivity contribution in [3.63, 3.8) is 0 Å². The van der Waals surface area contributed by atoms with E-state index in [1.165, 1.54) is 25.0 Å². The van der Waals surface area contributed by atoms with Crippen LogP contribution < -0.4 is 5.32 Å². The molecule has 1 aliphatic heterocycles. The minimum atomic E-state index is 0.0265. The third kappa shape index (κ3) is 3.05. The zero-order chi connectivity index (χ0) is 15.6. The Bertz CT molecular complexity index is 662. The van der Waals surface area contributed by atoms with Crippen molar-refractivity contribution >= 4 is 17.2 Å². The molecule has 122 valence electrons. The molecule has 23 heavy (non-hydrogen) atoms. The molecule has 2 aromatic heterocycles. The highest BCUT2D eigenvalue weighted by Crippen LogP contribution is 2.31. The SMILES string of the molecule is O=C(NCC[C@H]1CN(C2CCC2)Cc2ccnn21)c1ccsc1. The zero-order valence-corrected chi connectivity index (χ0v) is 14.0. The van der Waals surface area contributed by atoms with Gasteiger partial charge in [-0.1, -0.05) is 6.42 Å². The Morgan fingerprint density at radius 3 is 3.04 bits per heavy atom. The number of carbonyl (C=O) groups is 1. The lowest BCUT2D eigenvalue weighted by atomic mass is 9.90. The van der Waals surface area contributed by atoms with Crippen molar-refractivity contribution in [2.24, 2.45) is 0 Å². The van der Waals surface area contributed by atoms with Crippen molar-refractivity contribution in [3.05, 3.63) is 40.3 Å². The summed E-state index contributed by atoms with van der Waals surface area (Å²) < 4.78 is 2.16. The lowest BCUT2D eigenvalue weighted by molar-refractivity contribution is 0.0723. The van der Waals surface area contributed by atoms with Crippen molar-refractivity contribution in [2.45, 2.75) is 44.3 Å². The van der Waals surface area contributed by atoms with Crippen LogP contribution in [0.1, 0.15) is 47.8 Å². The van der Waals surface area contributed by atoms with Crippen molar-refractivity contribution in [1.82, 2.24) is 20.0 Å². The monoisotopic (exact) mass is 330 g/mol. The molecule has 1 saturated carbocycles. The smallest absolute Gasteiger partial charge is 0.252 e. The molecule has 5 nitrogen and oxygen atoms in total. The summed E-state index contributed by atoms with van der Waals surface area (Å²) in [5.41, 5.74) is 2.06. The van der Waals surface area contributed by atoms with E-state index in [4.69, 9.17) is 0 Å². The average molecular weight is 330 g/mol. The van der Waals surface area contributed by atoms with Gasteiger partial charge in [-0.25, -0.2) is 0 Å². The molecule has 6 heteroatoms. The van der Waals surface area contributed by atoms with Crippen LogP contribution in [0.15, 0.2) is 29.1 Å². The predicted molar refractivity (Wildman–Crippen MR) is 90.6 cm³/mol. The van der Waals surface area contributed by atoms with Crippen LogP contribution in [0.3, 0.4) is 0 Å². The Morgan fingerprint density at radius 1 is 1.39 bits per heavy atom. The second-order valence-corrected chi connectivity index (χ2v) is 7.27. The number of hydrogen-bond donors (Lipinski definition) is 1. The van der Waals surface area contributed by atoms with Gasteiger partial charge in [-0.3, -0.25) is 14.4 Å². The number of hydrogen-bond acceptors (Lipinski definition) is 4. The third-order valence-electron chi connectivity index (χ3n) is 5.05. The molecule has 0 unspecified atom stereocenters. The molecular formula is C17H22N4OS. The first-order valence-corrected chi connectivity index (χ1v) is 9.32. The quantitative estimate of drug-likeness (QED) is 0.917. The van der Waals surface area contributed by atoms with E-state index in [1.807, 2.05) is 23.0 Å². The highest BCUT2D eigenvalue weighted by atomic mass is 32.1. The van der Waals surface area contributed by atoms with E-state index in [1.54, 1.807) is 11.3 Å². The van der Waals surface area contributed by atoms with Gasteiger partial charge >= 0.3 is 0 Å². The number of thiophene rings is 1. The highest BCUT2D eigenvalue weighted by molar-refractivity contribution is 7.08. The molecular weight excluding hydrogens is 308 g/mol. The van der Waals surface area contributed by atoms with Crippen molar-refractivity contribution in [3.8, 4) is 0 Å². The van der Waals surface area contributed by atoms with Crippen LogP contribution in [-0.4, -0.2) is 39.7 Å². The first kappa shape index (κ1) is 14.9. The van der Waals surface area contributed by atoms with Crippen LogP contribution in [-0.2, 0) is 6.54 Å². The molecule has 0 bridgehead atoms. The molecule has 2 aromatic rings. The summed E-state index contributed by atoms with van der Waals surface area (Å²) in [4.78, 5) is 14.6. The largest absolute Gasteiger partial charge is 0.352 e. The fourth-order valence-electron chi connectivity index (χ4n) is 3.51. The zero-order valence-electron chi connectivity index (χ0n) is 13.1. The molecule has 1 fully saturated rings.